The molecule has 1 aliphatic heterocycles. The number of amides is 1. The lowest BCUT2D eigenvalue weighted by atomic mass is 9.87. The fourth-order valence-electron chi connectivity index (χ4n) is 5.16. The molecule has 2 atom stereocenters. The van der Waals surface area contributed by atoms with Crippen molar-refractivity contribution in [3.05, 3.63) is 108 Å². The normalized spacial score (nSPS) is 17.1. The van der Waals surface area contributed by atoms with Crippen LogP contribution < -0.4 is 9.84 Å². The van der Waals surface area contributed by atoms with Gasteiger partial charge in [-0.2, -0.15) is 0 Å². The maximum atomic E-state index is 11.6. The van der Waals surface area contributed by atoms with Crippen molar-refractivity contribution >= 4 is 16.9 Å². The summed E-state index contributed by atoms with van der Waals surface area (Å²) in [6.45, 7) is 2.73. The third-order valence-corrected chi connectivity index (χ3v) is 7.33. The van der Waals surface area contributed by atoms with Crippen LogP contribution in [0.3, 0.4) is 0 Å². The van der Waals surface area contributed by atoms with Crippen molar-refractivity contribution in [3.63, 3.8) is 0 Å². The molecule has 208 valence electrons. The molecule has 0 bridgehead atoms. The van der Waals surface area contributed by atoms with E-state index in [4.69, 9.17) is 14.2 Å². The number of benzene rings is 4. The van der Waals surface area contributed by atoms with Crippen molar-refractivity contribution in [2.75, 3.05) is 26.3 Å². The maximum Gasteiger partial charge on any atom is 0.137 e. The van der Waals surface area contributed by atoms with Gasteiger partial charge in [-0.05, 0) is 52.8 Å². The Bertz CT molecular complexity index is 1390. The molecule has 1 amide bonds. The van der Waals surface area contributed by atoms with E-state index in [1.807, 2.05) is 84.9 Å². The lowest BCUT2D eigenvalue weighted by Gasteiger charge is -2.40. The Balaban J connectivity index is 1.16. The fraction of sp³-hybridized carbons (Fsp3) is 0.303. The molecule has 0 aromatic heterocycles. The molecule has 2 unspecified atom stereocenters. The molecule has 0 aliphatic carbocycles. The van der Waals surface area contributed by atoms with E-state index in [-0.39, 0.29) is 24.3 Å². The first-order valence-corrected chi connectivity index (χ1v) is 13.7. The van der Waals surface area contributed by atoms with Crippen LogP contribution in [-0.4, -0.2) is 48.5 Å². The van der Waals surface area contributed by atoms with Crippen molar-refractivity contribution in [3.8, 4) is 11.5 Å². The summed E-state index contributed by atoms with van der Waals surface area (Å²) in [5.41, 5.74) is 3.15. The third kappa shape index (κ3) is 7.11. The predicted molar refractivity (Wildman–Crippen MR) is 151 cm³/mol. The molecular formula is C33H34NO6-. The highest BCUT2D eigenvalue weighted by atomic mass is 16.5. The second-order valence-corrected chi connectivity index (χ2v) is 10.1. The highest BCUT2D eigenvalue weighted by molar-refractivity contribution is 5.88. The SMILES string of the molecule is O=C([O-])N1CCC(c2ccc(OCCCOCc3ccccc3)cc2)C(OCc2ccc3cccc(O)c3c2)C1. The van der Waals surface area contributed by atoms with Crippen molar-refractivity contribution in [1.29, 1.82) is 0 Å². The number of likely N-dealkylation sites (tertiary alicyclic amines) is 1. The number of phenolic OH excluding ortho intramolecular Hbond substituents is 1. The van der Waals surface area contributed by atoms with E-state index in [2.05, 4.69) is 0 Å². The number of carbonyl (C=O) groups excluding carboxylic acids is 1. The number of carbonyl (C=O) groups is 1. The average molecular weight is 541 g/mol. The van der Waals surface area contributed by atoms with Crippen LogP contribution in [0, 0.1) is 0 Å². The highest BCUT2D eigenvalue weighted by Crippen LogP contribution is 2.33. The van der Waals surface area contributed by atoms with Gasteiger partial charge in [0.25, 0.3) is 0 Å². The standard InChI is InChI=1S/C33H35NO6/c35-31-9-4-8-26-11-10-25(20-30(26)31)23-40-32-21-34(33(36)37)17-16-29(32)27-12-14-28(15-13-27)39-19-5-18-38-22-24-6-2-1-3-7-24/h1-4,6-15,20,29,32,35H,5,16-19,21-23H2,(H,36,37)/p-1. The van der Waals surface area contributed by atoms with Gasteiger partial charge in [-0.25, -0.2) is 0 Å². The molecule has 4 aromatic rings. The summed E-state index contributed by atoms with van der Waals surface area (Å²) in [5.74, 6) is 1.04. The maximum absolute atomic E-state index is 11.6. The summed E-state index contributed by atoms with van der Waals surface area (Å²) < 4.78 is 17.9. The van der Waals surface area contributed by atoms with Crippen LogP contribution in [0.1, 0.15) is 35.4 Å². The van der Waals surface area contributed by atoms with Gasteiger partial charge in [-0.3, -0.25) is 0 Å². The van der Waals surface area contributed by atoms with Gasteiger partial charge in [0.05, 0.1) is 32.5 Å². The number of hydrogen-bond donors (Lipinski definition) is 1. The summed E-state index contributed by atoms with van der Waals surface area (Å²) in [5, 5.41) is 23.5. The number of hydrogen-bond acceptors (Lipinski definition) is 6. The number of aromatic hydroxyl groups is 1. The lowest BCUT2D eigenvalue weighted by molar-refractivity contribution is -0.268. The van der Waals surface area contributed by atoms with Gasteiger partial charge < -0.3 is 34.1 Å². The van der Waals surface area contributed by atoms with Gasteiger partial charge in [0.15, 0.2) is 0 Å². The van der Waals surface area contributed by atoms with Gasteiger partial charge in [-0.1, -0.05) is 66.7 Å². The zero-order valence-electron chi connectivity index (χ0n) is 22.4. The summed E-state index contributed by atoms with van der Waals surface area (Å²) in [6.07, 6.45) is -0.0890. The monoisotopic (exact) mass is 540 g/mol. The van der Waals surface area contributed by atoms with E-state index >= 15 is 0 Å². The van der Waals surface area contributed by atoms with Crippen LogP contribution in [0.5, 0.6) is 11.5 Å². The van der Waals surface area contributed by atoms with Gasteiger partial charge in [-0.15, -0.1) is 0 Å². The first-order chi connectivity index (χ1) is 19.6. The molecule has 5 rings (SSSR count). The van der Waals surface area contributed by atoms with Crippen LogP contribution in [-0.2, 0) is 22.7 Å². The Morgan fingerprint density at radius 3 is 2.52 bits per heavy atom. The minimum absolute atomic E-state index is 0.0323. The Morgan fingerprint density at radius 2 is 1.73 bits per heavy atom. The summed E-state index contributed by atoms with van der Waals surface area (Å²) in [4.78, 5) is 12.9. The molecule has 1 N–H and O–H groups in total. The quantitative estimate of drug-likeness (QED) is 0.261. The molecule has 7 nitrogen and oxygen atoms in total. The molecule has 4 aromatic carbocycles. The first kappa shape index (κ1) is 27.5. The predicted octanol–water partition coefficient (Wildman–Crippen LogP) is 5.25. The van der Waals surface area contributed by atoms with Gasteiger partial charge in [0.1, 0.15) is 17.6 Å². The molecule has 7 heteroatoms. The number of phenols is 1. The number of piperidine rings is 1. The lowest BCUT2D eigenvalue weighted by Crippen LogP contribution is -2.51. The van der Waals surface area contributed by atoms with E-state index in [0.29, 0.717) is 39.4 Å². The van der Waals surface area contributed by atoms with Gasteiger partial charge in [0, 0.05) is 30.8 Å². The fourth-order valence-corrected chi connectivity index (χ4v) is 5.16. The van der Waals surface area contributed by atoms with Crippen LogP contribution in [0.25, 0.3) is 10.8 Å². The van der Waals surface area contributed by atoms with Crippen LogP contribution in [0.15, 0.2) is 91.0 Å². The van der Waals surface area contributed by atoms with E-state index in [1.165, 1.54) is 4.90 Å². The molecule has 1 heterocycles. The smallest absolute Gasteiger partial charge is 0.137 e. The second-order valence-electron chi connectivity index (χ2n) is 10.1. The van der Waals surface area contributed by atoms with E-state index in [1.54, 1.807) is 6.07 Å². The van der Waals surface area contributed by atoms with Gasteiger partial charge in [0.2, 0.25) is 0 Å². The highest BCUT2D eigenvalue weighted by Gasteiger charge is 2.31. The second kappa shape index (κ2) is 13.3. The summed E-state index contributed by atoms with van der Waals surface area (Å²) >= 11 is 0. The molecular weight excluding hydrogens is 506 g/mol. The minimum atomic E-state index is -1.18. The van der Waals surface area contributed by atoms with Crippen molar-refractivity contribution in [1.82, 2.24) is 4.90 Å². The number of rotatable bonds is 11. The minimum Gasteiger partial charge on any atom is -0.530 e. The number of nitrogens with zero attached hydrogens (tertiary/aromatic N) is 1. The Kier molecular flexibility index (Phi) is 9.16. The Morgan fingerprint density at radius 1 is 0.900 bits per heavy atom. The summed E-state index contributed by atoms with van der Waals surface area (Å²) in [7, 11) is 0. The van der Waals surface area contributed by atoms with Crippen molar-refractivity contribution in [2.45, 2.75) is 38.1 Å². The number of fused-ring (bicyclic) bond motifs is 1. The molecule has 1 saturated heterocycles. The third-order valence-electron chi connectivity index (χ3n) is 7.33. The largest absolute Gasteiger partial charge is 0.530 e. The number of ether oxygens (including phenoxy) is 3. The summed E-state index contributed by atoms with van der Waals surface area (Å²) in [6, 6.07) is 29.3. The first-order valence-electron chi connectivity index (χ1n) is 13.7. The molecule has 0 saturated carbocycles. The molecule has 0 spiro atoms. The van der Waals surface area contributed by atoms with E-state index in [9.17, 15) is 15.0 Å². The Hall–Kier alpha value is -4.07. The average Bonchev–Trinajstić information content (AvgIpc) is 2.99. The topological polar surface area (TPSA) is 91.3 Å². The van der Waals surface area contributed by atoms with Crippen LogP contribution >= 0.6 is 0 Å². The van der Waals surface area contributed by atoms with E-state index in [0.717, 1.165) is 39.6 Å². The van der Waals surface area contributed by atoms with Crippen molar-refractivity contribution < 1.29 is 29.2 Å². The van der Waals surface area contributed by atoms with Crippen LogP contribution in [0.4, 0.5) is 4.79 Å². The zero-order chi connectivity index (χ0) is 27.7. The van der Waals surface area contributed by atoms with Gasteiger partial charge >= 0.3 is 0 Å². The zero-order valence-corrected chi connectivity index (χ0v) is 22.4. The number of carboxylic acid groups (broad SMARTS) is 1. The van der Waals surface area contributed by atoms with Crippen LogP contribution in [0.2, 0.25) is 0 Å². The Labute approximate surface area is 234 Å². The molecule has 1 aliphatic rings. The molecule has 40 heavy (non-hydrogen) atoms. The molecule has 0 radical (unpaired) electrons. The van der Waals surface area contributed by atoms with E-state index < -0.39 is 6.09 Å². The van der Waals surface area contributed by atoms with Crippen molar-refractivity contribution in [2.24, 2.45) is 0 Å². The molecule has 1 fully saturated rings.